The predicted octanol–water partition coefficient (Wildman–Crippen LogP) is 2.08. The van der Waals surface area contributed by atoms with E-state index < -0.39 is 17.7 Å². The number of aryl methyl sites for hydroxylation is 1. The van der Waals surface area contributed by atoms with Gasteiger partial charge in [-0.3, -0.25) is 0 Å². The number of carbonyl (C=O) groups is 1. The minimum Gasteiger partial charge on any atom is -0.453 e. The number of nitrogens with zero attached hydrogens (tertiary/aromatic N) is 3. The van der Waals surface area contributed by atoms with Crippen molar-refractivity contribution in [2.75, 3.05) is 6.67 Å². The van der Waals surface area contributed by atoms with Crippen LogP contribution in [-0.4, -0.2) is 33.8 Å². The van der Waals surface area contributed by atoms with E-state index in [1.165, 1.54) is 5.06 Å². The first-order valence-electron chi connectivity index (χ1n) is 7.80. The van der Waals surface area contributed by atoms with Crippen LogP contribution >= 0.6 is 0 Å². The van der Waals surface area contributed by atoms with Gasteiger partial charge >= 0.3 is 11.9 Å². The van der Waals surface area contributed by atoms with Gasteiger partial charge in [-0.2, -0.15) is 0 Å². The maximum absolute atomic E-state index is 12.2. The average molecular weight is 330 g/mol. The highest BCUT2D eigenvalue weighted by atomic mass is 16.7. The van der Waals surface area contributed by atoms with Crippen LogP contribution < -0.4 is 5.73 Å². The summed E-state index contributed by atoms with van der Waals surface area (Å²) in [6, 6.07) is 7.99. The highest BCUT2D eigenvalue weighted by Crippen LogP contribution is 2.33. The largest absolute Gasteiger partial charge is 0.453 e. The van der Waals surface area contributed by atoms with E-state index >= 15 is 0 Å². The molecule has 1 aliphatic rings. The maximum Gasteiger partial charge on any atom is 0.396 e. The van der Waals surface area contributed by atoms with Gasteiger partial charge in [-0.05, 0) is 26.8 Å². The highest BCUT2D eigenvalue weighted by molar-refractivity contribution is 6.33. The lowest BCUT2D eigenvalue weighted by atomic mass is 10.1. The van der Waals surface area contributed by atoms with Crippen molar-refractivity contribution in [3.05, 3.63) is 36.0 Å². The third-order valence-electron chi connectivity index (χ3n) is 3.68. The lowest BCUT2D eigenvalue weighted by molar-refractivity contribution is -0.152. The monoisotopic (exact) mass is 330 g/mol. The quantitative estimate of drug-likeness (QED) is 0.871. The van der Waals surface area contributed by atoms with Gasteiger partial charge in [-0.15, -0.1) is 0 Å². The zero-order valence-corrected chi connectivity index (χ0v) is 14.3. The van der Waals surface area contributed by atoms with Crippen molar-refractivity contribution in [1.29, 1.82) is 0 Å². The smallest absolute Gasteiger partial charge is 0.396 e. The topological polar surface area (TPSA) is 82.1 Å². The standard InChI is InChI=1S/C17H22N4O3/c1-17(2,3)23-16(22)15-19-14(21(10-18)24-15)12-9-20(4)13-8-6-5-7-11(12)13/h5-9,14H,10,18H2,1-4H3. The third-order valence-corrected chi connectivity index (χ3v) is 3.68. The molecule has 0 saturated heterocycles. The van der Waals surface area contributed by atoms with E-state index in [0.29, 0.717) is 0 Å². The number of hydroxylamine groups is 2. The van der Waals surface area contributed by atoms with Gasteiger partial charge in [0.1, 0.15) is 5.60 Å². The fourth-order valence-electron chi connectivity index (χ4n) is 2.71. The van der Waals surface area contributed by atoms with Gasteiger partial charge < -0.3 is 19.9 Å². The normalized spacial score (nSPS) is 18.5. The zero-order valence-electron chi connectivity index (χ0n) is 14.3. The summed E-state index contributed by atoms with van der Waals surface area (Å²) in [6.45, 7) is 5.49. The summed E-state index contributed by atoms with van der Waals surface area (Å²) >= 11 is 0. The number of para-hydroxylation sites is 1. The van der Waals surface area contributed by atoms with Crippen molar-refractivity contribution in [2.45, 2.75) is 32.5 Å². The number of carbonyl (C=O) groups excluding carboxylic acids is 1. The van der Waals surface area contributed by atoms with E-state index in [0.717, 1.165) is 16.5 Å². The van der Waals surface area contributed by atoms with Crippen molar-refractivity contribution in [1.82, 2.24) is 9.63 Å². The van der Waals surface area contributed by atoms with E-state index in [9.17, 15) is 4.79 Å². The highest BCUT2D eigenvalue weighted by Gasteiger charge is 2.36. The molecule has 2 heterocycles. The predicted molar refractivity (Wildman–Crippen MR) is 90.9 cm³/mol. The Morgan fingerprint density at radius 2 is 2.08 bits per heavy atom. The first-order chi connectivity index (χ1) is 11.3. The summed E-state index contributed by atoms with van der Waals surface area (Å²) in [6.07, 6.45) is 1.49. The summed E-state index contributed by atoms with van der Waals surface area (Å²) < 4.78 is 7.34. The Labute approximate surface area is 140 Å². The second-order valence-electron chi connectivity index (χ2n) is 6.71. The molecule has 24 heavy (non-hydrogen) atoms. The van der Waals surface area contributed by atoms with Crippen LogP contribution in [0.3, 0.4) is 0 Å². The number of esters is 1. The van der Waals surface area contributed by atoms with E-state index in [1.54, 1.807) is 20.8 Å². The van der Waals surface area contributed by atoms with Gasteiger partial charge in [-0.1, -0.05) is 23.3 Å². The van der Waals surface area contributed by atoms with Crippen LogP contribution in [0.5, 0.6) is 0 Å². The van der Waals surface area contributed by atoms with Gasteiger partial charge in [-0.25, -0.2) is 9.79 Å². The molecule has 0 saturated carbocycles. The van der Waals surface area contributed by atoms with Crippen LogP contribution in [0.2, 0.25) is 0 Å². The molecule has 1 aromatic heterocycles. The molecule has 1 aromatic carbocycles. The van der Waals surface area contributed by atoms with E-state index in [-0.39, 0.29) is 12.6 Å². The molecule has 128 valence electrons. The second kappa shape index (κ2) is 5.92. The number of ether oxygens (including phenoxy) is 1. The lowest BCUT2D eigenvalue weighted by Crippen LogP contribution is -2.33. The van der Waals surface area contributed by atoms with Gasteiger partial charge in [0.25, 0.3) is 0 Å². The Kier molecular flexibility index (Phi) is 4.06. The van der Waals surface area contributed by atoms with E-state index in [2.05, 4.69) is 4.99 Å². The van der Waals surface area contributed by atoms with Crippen LogP contribution in [-0.2, 0) is 21.4 Å². The first-order valence-corrected chi connectivity index (χ1v) is 7.80. The molecule has 2 aromatic rings. The van der Waals surface area contributed by atoms with E-state index in [1.807, 2.05) is 42.1 Å². The van der Waals surface area contributed by atoms with Crippen molar-refractivity contribution in [3.8, 4) is 0 Å². The molecule has 0 radical (unpaired) electrons. The number of aromatic nitrogens is 1. The number of aliphatic imine (C=N–C) groups is 1. The minimum absolute atomic E-state index is 0.0756. The molecule has 0 amide bonds. The fraction of sp³-hybridized carbons (Fsp3) is 0.412. The lowest BCUT2D eigenvalue weighted by Gasteiger charge is -2.20. The molecule has 0 bridgehead atoms. The number of benzene rings is 1. The van der Waals surface area contributed by atoms with Crippen molar-refractivity contribution >= 4 is 22.8 Å². The molecular weight excluding hydrogens is 308 g/mol. The van der Waals surface area contributed by atoms with Crippen molar-refractivity contribution in [3.63, 3.8) is 0 Å². The van der Waals surface area contributed by atoms with Crippen LogP contribution in [0.1, 0.15) is 32.5 Å². The number of hydrogen-bond donors (Lipinski definition) is 1. The molecule has 1 atom stereocenters. The third kappa shape index (κ3) is 3.00. The van der Waals surface area contributed by atoms with Gasteiger partial charge in [0.05, 0.1) is 6.67 Å². The molecule has 7 heteroatoms. The molecule has 0 fully saturated rings. The number of hydrogen-bond acceptors (Lipinski definition) is 6. The summed E-state index contributed by atoms with van der Waals surface area (Å²) in [5, 5.41) is 2.52. The molecular formula is C17H22N4O3. The van der Waals surface area contributed by atoms with Crippen molar-refractivity contribution < 1.29 is 14.4 Å². The Bertz CT molecular complexity index is 804. The number of nitrogens with two attached hydrogens (primary N) is 1. The molecule has 1 unspecified atom stereocenters. The molecule has 2 N–H and O–H groups in total. The first kappa shape index (κ1) is 16.5. The van der Waals surface area contributed by atoms with Gasteiger partial charge in [0.2, 0.25) is 0 Å². The van der Waals surface area contributed by atoms with Crippen LogP contribution in [0.4, 0.5) is 0 Å². The van der Waals surface area contributed by atoms with Crippen LogP contribution in [0.15, 0.2) is 35.5 Å². The van der Waals surface area contributed by atoms with Crippen LogP contribution in [0.25, 0.3) is 10.9 Å². The molecule has 3 rings (SSSR count). The SMILES string of the molecule is Cn1cc(C2N=C(C(=O)OC(C)(C)C)ON2CN)c2ccccc21. The van der Waals surface area contributed by atoms with Gasteiger partial charge in [0.15, 0.2) is 6.17 Å². The Morgan fingerprint density at radius 1 is 1.38 bits per heavy atom. The minimum atomic E-state index is -0.617. The average Bonchev–Trinajstić information content (AvgIpc) is 3.07. The van der Waals surface area contributed by atoms with Crippen molar-refractivity contribution in [2.24, 2.45) is 17.8 Å². The van der Waals surface area contributed by atoms with Crippen LogP contribution in [0, 0.1) is 0 Å². The maximum atomic E-state index is 12.2. The molecule has 1 aliphatic heterocycles. The molecule has 0 spiro atoms. The van der Waals surface area contributed by atoms with E-state index in [4.69, 9.17) is 15.3 Å². The zero-order chi connectivity index (χ0) is 17.5. The Hall–Kier alpha value is -2.38. The molecule has 7 nitrogen and oxygen atoms in total. The number of rotatable bonds is 3. The Morgan fingerprint density at radius 3 is 2.75 bits per heavy atom. The summed E-state index contributed by atoms with van der Waals surface area (Å²) in [4.78, 5) is 22.1. The summed E-state index contributed by atoms with van der Waals surface area (Å²) in [5.41, 5.74) is 7.16. The number of fused-ring (bicyclic) bond motifs is 1. The fourth-order valence-corrected chi connectivity index (χ4v) is 2.71. The summed E-state index contributed by atoms with van der Waals surface area (Å²) in [5.74, 6) is -0.669. The summed E-state index contributed by atoms with van der Waals surface area (Å²) in [7, 11) is 1.97. The Balaban J connectivity index is 1.97. The second-order valence-corrected chi connectivity index (χ2v) is 6.71. The van der Waals surface area contributed by atoms with Gasteiger partial charge in [0, 0.05) is 29.7 Å². The molecule has 0 aliphatic carbocycles.